The Labute approximate surface area is 128 Å². The van der Waals surface area contributed by atoms with Gasteiger partial charge in [-0.1, -0.05) is 12.1 Å². The molecule has 1 saturated heterocycles. The zero-order chi connectivity index (χ0) is 13.7. The third-order valence-electron chi connectivity index (χ3n) is 4.60. The first kappa shape index (κ1) is 15.7. The van der Waals surface area contributed by atoms with Crippen LogP contribution < -0.4 is 10.8 Å². The van der Waals surface area contributed by atoms with E-state index < -0.39 is 0 Å². The number of hydrogen-bond donors (Lipinski definition) is 1. The van der Waals surface area contributed by atoms with E-state index in [-0.39, 0.29) is 30.7 Å². The maximum atomic E-state index is 6.09. The van der Waals surface area contributed by atoms with Crippen LogP contribution in [0.1, 0.15) is 39.7 Å². The maximum Gasteiger partial charge on any atom is 0.494 e. The minimum atomic E-state index is -0.277. The van der Waals surface area contributed by atoms with Crippen LogP contribution in [-0.4, -0.2) is 24.9 Å². The fourth-order valence-corrected chi connectivity index (χ4v) is 2.60. The molecule has 1 fully saturated rings. The third kappa shape index (κ3) is 2.57. The van der Waals surface area contributed by atoms with Gasteiger partial charge in [-0.15, -0.1) is 12.4 Å². The van der Waals surface area contributed by atoms with Crippen molar-refractivity contribution in [3.05, 3.63) is 23.8 Å². The fraction of sp³-hybridized carbons (Fsp3) is 0.600. The molecule has 0 atom stereocenters. The van der Waals surface area contributed by atoms with Crippen molar-refractivity contribution in [2.75, 3.05) is 11.9 Å². The first-order chi connectivity index (χ1) is 8.89. The van der Waals surface area contributed by atoms with Crippen LogP contribution in [0.3, 0.4) is 0 Å². The number of benzene rings is 1. The second-order valence-electron chi connectivity index (χ2n) is 6.54. The molecule has 0 radical (unpaired) electrons. The fourth-order valence-electron chi connectivity index (χ4n) is 2.60. The predicted molar refractivity (Wildman–Crippen MR) is 86.2 cm³/mol. The summed E-state index contributed by atoms with van der Waals surface area (Å²) in [5.41, 5.74) is 3.18. The summed E-state index contributed by atoms with van der Waals surface area (Å²) >= 11 is 0. The van der Waals surface area contributed by atoms with Gasteiger partial charge in [0.2, 0.25) is 0 Å². The smallest absolute Gasteiger partial charge is 0.399 e. The minimum Gasteiger partial charge on any atom is -0.399 e. The summed E-state index contributed by atoms with van der Waals surface area (Å²) in [7, 11) is -0.265. The molecule has 0 aliphatic carbocycles. The highest BCUT2D eigenvalue weighted by Crippen LogP contribution is 2.36. The molecule has 3 rings (SSSR count). The molecule has 1 N–H and O–H groups in total. The lowest BCUT2D eigenvalue weighted by Crippen LogP contribution is -2.41. The van der Waals surface area contributed by atoms with E-state index in [1.807, 2.05) is 0 Å². The van der Waals surface area contributed by atoms with E-state index in [9.17, 15) is 0 Å². The van der Waals surface area contributed by atoms with Gasteiger partial charge in [0.15, 0.2) is 0 Å². The van der Waals surface area contributed by atoms with E-state index in [0.29, 0.717) is 0 Å². The highest BCUT2D eigenvalue weighted by atomic mass is 35.5. The van der Waals surface area contributed by atoms with E-state index in [1.54, 1.807) is 0 Å². The van der Waals surface area contributed by atoms with E-state index >= 15 is 0 Å². The molecule has 0 aromatic heterocycles. The molecule has 5 heteroatoms. The Hall–Kier alpha value is -0.705. The van der Waals surface area contributed by atoms with Crippen molar-refractivity contribution in [2.45, 2.75) is 51.7 Å². The molecule has 0 bridgehead atoms. The van der Waals surface area contributed by atoms with Crippen LogP contribution in [0.25, 0.3) is 0 Å². The summed E-state index contributed by atoms with van der Waals surface area (Å²) < 4.78 is 12.2. The van der Waals surface area contributed by atoms with Gasteiger partial charge in [-0.25, -0.2) is 0 Å². The number of hydrogen-bond acceptors (Lipinski definition) is 3. The van der Waals surface area contributed by atoms with Gasteiger partial charge < -0.3 is 14.6 Å². The van der Waals surface area contributed by atoms with Crippen molar-refractivity contribution in [2.24, 2.45) is 0 Å². The number of nitrogens with one attached hydrogen (secondary N) is 1. The van der Waals surface area contributed by atoms with Gasteiger partial charge in [0.05, 0.1) is 11.2 Å². The summed E-state index contributed by atoms with van der Waals surface area (Å²) in [6.07, 6.45) is 2.37. The molecule has 0 saturated carbocycles. The molecule has 3 nitrogen and oxygen atoms in total. The van der Waals surface area contributed by atoms with E-state index in [2.05, 4.69) is 51.2 Å². The summed E-state index contributed by atoms with van der Waals surface area (Å²) in [5, 5.41) is 3.46. The average molecular weight is 296 g/mol. The minimum absolute atomic E-state index is 0. The Morgan fingerprint density at radius 2 is 1.75 bits per heavy atom. The summed E-state index contributed by atoms with van der Waals surface area (Å²) in [5.74, 6) is 0. The van der Waals surface area contributed by atoms with Crippen LogP contribution in [0.4, 0.5) is 5.69 Å². The number of aryl methyl sites for hydroxylation is 1. The lowest BCUT2D eigenvalue weighted by atomic mass is 9.78. The van der Waals surface area contributed by atoms with E-state index in [4.69, 9.17) is 9.31 Å². The Morgan fingerprint density at radius 3 is 2.40 bits per heavy atom. The molecule has 0 amide bonds. The normalized spacial score (nSPS) is 22.7. The van der Waals surface area contributed by atoms with Gasteiger partial charge in [-0.05, 0) is 57.6 Å². The van der Waals surface area contributed by atoms with Gasteiger partial charge in [-0.2, -0.15) is 0 Å². The van der Waals surface area contributed by atoms with Gasteiger partial charge in [0.1, 0.15) is 0 Å². The van der Waals surface area contributed by atoms with Crippen LogP contribution in [0.5, 0.6) is 0 Å². The standard InChI is InChI=1S/C15H22BNO2.ClH/c1-14(2)15(3,4)19-16(18-14)12-8-7-11-6-5-9-17-13(11)10-12;/h7-8,10,17H,5-6,9H2,1-4H3;1H. The van der Waals surface area contributed by atoms with Gasteiger partial charge in [-0.3, -0.25) is 0 Å². The first-order valence-electron chi connectivity index (χ1n) is 7.11. The number of fused-ring (bicyclic) bond motifs is 1. The number of halogens is 1. The van der Waals surface area contributed by atoms with Crippen molar-refractivity contribution in [3.8, 4) is 0 Å². The predicted octanol–water partition coefficient (Wildman–Crippen LogP) is 2.77. The van der Waals surface area contributed by atoms with Gasteiger partial charge in [0, 0.05) is 12.2 Å². The molecule has 1 aromatic carbocycles. The Balaban J connectivity index is 0.00000147. The molecule has 20 heavy (non-hydrogen) atoms. The van der Waals surface area contributed by atoms with Crippen LogP contribution in [0, 0.1) is 0 Å². The maximum absolute atomic E-state index is 6.09. The Bertz CT molecular complexity index is 489. The lowest BCUT2D eigenvalue weighted by Gasteiger charge is -2.32. The third-order valence-corrected chi connectivity index (χ3v) is 4.60. The first-order valence-corrected chi connectivity index (χ1v) is 7.11. The zero-order valence-corrected chi connectivity index (χ0v) is 13.5. The topological polar surface area (TPSA) is 30.5 Å². The molecule has 0 unspecified atom stereocenters. The molecular weight excluding hydrogens is 272 g/mol. The Kier molecular flexibility index (Phi) is 4.11. The SMILES string of the molecule is CC1(C)OB(c2ccc3c(c2)NCCC3)OC1(C)C.Cl. The summed E-state index contributed by atoms with van der Waals surface area (Å²) in [6, 6.07) is 6.51. The number of anilines is 1. The summed E-state index contributed by atoms with van der Waals surface area (Å²) in [6.45, 7) is 9.40. The molecule has 2 heterocycles. The van der Waals surface area contributed by atoms with Crippen LogP contribution in [0.15, 0.2) is 18.2 Å². The summed E-state index contributed by atoms with van der Waals surface area (Å²) in [4.78, 5) is 0. The molecular formula is C15H23BClNO2. The van der Waals surface area contributed by atoms with Crippen molar-refractivity contribution < 1.29 is 9.31 Å². The highest BCUT2D eigenvalue weighted by molar-refractivity contribution is 6.62. The van der Waals surface area contributed by atoms with Gasteiger partial charge >= 0.3 is 7.12 Å². The van der Waals surface area contributed by atoms with Crippen LogP contribution >= 0.6 is 12.4 Å². The van der Waals surface area contributed by atoms with Crippen LogP contribution in [-0.2, 0) is 15.7 Å². The van der Waals surface area contributed by atoms with E-state index in [0.717, 1.165) is 18.4 Å². The largest absolute Gasteiger partial charge is 0.494 e. The van der Waals surface area contributed by atoms with Crippen molar-refractivity contribution >= 4 is 30.7 Å². The van der Waals surface area contributed by atoms with Crippen molar-refractivity contribution in [1.82, 2.24) is 0 Å². The quantitative estimate of drug-likeness (QED) is 0.808. The van der Waals surface area contributed by atoms with Gasteiger partial charge in [0.25, 0.3) is 0 Å². The van der Waals surface area contributed by atoms with Crippen molar-refractivity contribution in [3.63, 3.8) is 0 Å². The number of rotatable bonds is 1. The Morgan fingerprint density at radius 1 is 1.10 bits per heavy atom. The highest BCUT2D eigenvalue weighted by Gasteiger charge is 2.51. The molecule has 110 valence electrons. The average Bonchev–Trinajstić information content (AvgIpc) is 2.58. The molecule has 2 aliphatic heterocycles. The van der Waals surface area contributed by atoms with Crippen LogP contribution in [0.2, 0.25) is 0 Å². The molecule has 0 spiro atoms. The van der Waals surface area contributed by atoms with E-state index in [1.165, 1.54) is 17.7 Å². The molecule has 2 aliphatic rings. The van der Waals surface area contributed by atoms with Crippen molar-refractivity contribution in [1.29, 1.82) is 0 Å². The monoisotopic (exact) mass is 295 g/mol. The second-order valence-corrected chi connectivity index (χ2v) is 6.54. The zero-order valence-electron chi connectivity index (χ0n) is 12.7. The second kappa shape index (κ2) is 5.25. The lowest BCUT2D eigenvalue weighted by molar-refractivity contribution is 0.00578. The molecule has 1 aromatic rings.